The molecule has 0 aromatic rings. The van der Waals surface area contributed by atoms with Crippen LogP contribution in [0.25, 0.3) is 0 Å². The van der Waals surface area contributed by atoms with E-state index in [2.05, 4.69) is 10.6 Å². The summed E-state index contributed by atoms with van der Waals surface area (Å²) < 4.78 is 0. The van der Waals surface area contributed by atoms with Crippen molar-refractivity contribution in [3.63, 3.8) is 0 Å². The van der Waals surface area contributed by atoms with Crippen molar-refractivity contribution in [2.75, 3.05) is 6.54 Å². The molecule has 0 radical (unpaired) electrons. The zero-order valence-electron chi connectivity index (χ0n) is 10.6. The molecule has 2 amide bonds. The lowest BCUT2D eigenvalue weighted by molar-refractivity contribution is -0.133. The van der Waals surface area contributed by atoms with Crippen LogP contribution in [0.3, 0.4) is 0 Å². The molecule has 1 saturated carbocycles. The molecule has 1 unspecified atom stereocenters. The van der Waals surface area contributed by atoms with Crippen molar-refractivity contribution >= 4 is 11.8 Å². The first-order valence-corrected chi connectivity index (χ1v) is 5.89. The lowest BCUT2D eigenvalue weighted by Crippen LogP contribution is -2.48. The zero-order valence-corrected chi connectivity index (χ0v) is 10.6. The summed E-state index contributed by atoms with van der Waals surface area (Å²) in [4.78, 5) is 23.3. The van der Waals surface area contributed by atoms with Crippen LogP contribution in [-0.2, 0) is 9.59 Å². The summed E-state index contributed by atoms with van der Waals surface area (Å²) in [5.41, 5.74) is -0.453. The second-order valence-corrected chi connectivity index (χ2v) is 5.63. The molecule has 4 heteroatoms. The fourth-order valence-electron chi connectivity index (χ4n) is 1.20. The average Bonchev–Trinajstić information content (AvgIpc) is 2.95. The Bertz CT molecular complexity index is 277. The Morgan fingerprint density at radius 3 is 2.31 bits per heavy atom. The summed E-state index contributed by atoms with van der Waals surface area (Å²) in [6.07, 6.45) is 2.42. The van der Waals surface area contributed by atoms with Crippen LogP contribution in [0.1, 0.15) is 40.5 Å². The minimum absolute atomic E-state index is 0.0931. The molecule has 0 bridgehead atoms. The van der Waals surface area contributed by atoms with Gasteiger partial charge in [0.2, 0.25) is 11.8 Å². The van der Waals surface area contributed by atoms with Crippen LogP contribution in [0.15, 0.2) is 0 Å². The molecule has 92 valence electrons. The van der Waals surface area contributed by atoms with E-state index >= 15 is 0 Å². The molecular weight excluding hydrogens is 204 g/mol. The van der Waals surface area contributed by atoms with Crippen molar-refractivity contribution in [2.45, 2.75) is 46.6 Å². The number of hydrogen-bond donors (Lipinski definition) is 2. The molecule has 1 fully saturated rings. The van der Waals surface area contributed by atoms with Gasteiger partial charge in [0.15, 0.2) is 0 Å². The van der Waals surface area contributed by atoms with Crippen LogP contribution in [0.2, 0.25) is 0 Å². The smallest absolute Gasteiger partial charge is 0.242 e. The third kappa shape index (κ3) is 4.21. The Morgan fingerprint density at radius 2 is 1.88 bits per heavy atom. The predicted octanol–water partition coefficient (Wildman–Crippen LogP) is 1.06. The van der Waals surface area contributed by atoms with Gasteiger partial charge in [0.1, 0.15) is 6.04 Å². The van der Waals surface area contributed by atoms with Crippen molar-refractivity contribution in [1.82, 2.24) is 10.6 Å². The van der Waals surface area contributed by atoms with Crippen LogP contribution in [0.5, 0.6) is 0 Å². The highest BCUT2D eigenvalue weighted by atomic mass is 16.2. The summed E-state index contributed by atoms with van der Waals surface area (Å²) in [5, 5.41) is 5.56. The Hall–Kier alpha value is -1.06. The lowest BCUT2D eigenvalue weighted by atomic mass is 9.95. The second kappa shape index (κ2) is 4.85. The van der Waals surface area contributed by atoms with Gasteiger partial charge in [-0.1, -0.05) is 20.8 Å². The average molecular weight is 226 g/mol. The summed E-state index contributed by atoms with van der Waals surface area (Å²) >= 11 is 0. The van der Waals surface area contributed by atoms with E-state index in [0.29, 0.717) is 5.92 Å². The van der Waals surface area contributed by atoms with Crippen LogP contribution in [0, 0.1) is 11.3 Å². The van der Waals surface area contributed by atoms with Crippen molar-refractivity contribution in [1.29, 1.82) is 0 Å². The number of rotatable bonds is 4. The maximum Gasteiger partial charge on any atom is 0.242 e. The van der Waals surface area contributed by atoms with Crippen LogP contribution < -0.4 is 10.6 Å². The summed E-state index contributed by atoms with van der Waals surface area (Å²) in [7, 11) is 0. The zero-order chi connectivity index (χ0) is 12.3. The van der Waals surface area contributed by atoms with Crippen LogP contribution in [-0.4, -0.2) is 24.4 Å². The maximum absolute atomic E-state index is 11.6. The monoisotopic (exact) mass is 226 g/mol. The topological polar surface area (TPSA) is 58.2 Å². The molecular formula is C12H22N2O2. The van der Waals surface area contributed by atoms with Gasteiger partial charge in [0.25, 0.3) is 0 Å². The quantitative estimate of drug-likeness (QED) is 0.753. The SMILES string of the molecule is CC(NC(=O)C(C)(C)C)C(=O)NCC1CC1. The first kappa shape index (κ1) is 13.0. The van der Waals surface area contributed by atoms with Gasteiger partial charge in [-0.15, -0.1) is 0 Å². The van der Waals surface area contributed by atoms with Crippen molar-refractivity contribution in [2.24, 2.45) is 11.3 Å². The summed E-state index contributed by atoms with van der Waals surface area (Å²) in [6.45, 7) is 7.95. The molecule has 0 heterocycles. The summed E-state index contributed by atoms with van der Waals surface area (Å²) in [5.74, 6) is 0.473. The minimum Gasteiger partial charge on any atom is -0.354 e. The van der Waals surface area contributed by atoms with Gasteiger partial charge in [-0.2, -0.15) is 0 Å². The Morgan fingerprint density at radius 1 is 1.31 bits per heavy atom. The summed E-state index contributed by atoms with van der Waals surface area (Å²) in [6, 6.07) is -0.453. The van der Waals surface area contributed by atoms with Gasteiger partial charge < -0.3 is 10.6 Å². The largest absolute Gasteiger partial charge is 0.354 e. The van der Waals surface area contributed by atoms with Gasteiger partial charge in [0.05, 0.1) is 0 Å². The molecule has 4 nitrogen and oxygen atoms in total. The molecule has 2 N–H and O–H groups in total. The molecule has 0 spiro atoms. The van der Waals surface area contributed by atoms with E-state index in [1.54, 1.807) is 6.92 Å². The van der Waals surface area contributed by atoms with E-state index in [4.69, 9.17) is 0 Å². The molecule has 1 aliphatic carbocycles. The first-order valence-electron chi connectivity index (χ1n) is 5.89. The van der Waals surface area contributed by atoms with E-state index in [-0.39, 0.29) is 11.8 Å². The highest BCUT2D eigenvalue weighted by Crippen LogP contribution is 2.27. The van der Waals surface area contributed by atoms with Crippen molar-refractivity contribution in [3.8, 4) is 0 Å². The second-order valence-electron chi connectivity index (χ2n) is 5.63. The number of nitrogens with one attached hydrogen (secondary N) is 2. The number of carbonyl (C=O) groups is 2. The highest BCUT2D eigenvalue weighted by Gasteiger charge is 2.26. The van der Waals surface area contributed by atoms with E-state index in [1.807, 2.05) is 20.8 Å². The third-order valence-corrected chi connectivity index (χ3v) is 2.68. The molecule has 0 aromatic heterocycles. The number of amides is 2. The maximum atomic E-state index is 11.6. The molecule has 0 aliphatic heterocycles. The molecule has 1 aliphatic rings. The van der Waals surface area contributed by atoms with Crippen LogP contribution >= 0.6 is 0 Å². The Balaban J connectivity index is 2.29. The molecule has 0 saturated heterocycles. The Kier molecular flexibility index (Phi) is 3.94. The van der Waals surface area contributed by atoms with E-state index in [1.165, 1.54) is 12.8 Å². The van der Waals surface area contributed by atoms with Crippen molar-refractivity contribution < 1.29 is 9.59 Å². The third-order valence-electron chi connectivity index (χ3n) is 2.68. The van der Waals surface area contributed by atoms with Gasteiger partial charge in [0, 0.05) is 12.0 Å². The molecule has 1 rings (SSSR count). The molecule has 16 heavy (non-hydrogen) atoms. The van der Waals surface area contributed by atoms with E-state index < -0.39 is 11.5 Å². The van der Waals surface area contributed by atoms with Gasteiger partial charge >= 0.3 is 0 Å². The van der Waals surface area contributed by atoms with Gasteiger partial charge in [-0.05, 0) is 25.7 Å². The highest BCUT2D eigenvalue weighted by molar-refractivity contribution is 5.89. The van der Waals surface area contributed by atoms with Gasteiger partial charge in [-0.3, -0.25) is 9.59 Å². The fourth-order valence-corrected chi connectivity index (χ4v) is 1.20. The fraction of sp³-hybridized carbons (Fsp3) is 0.833. The lowest BCUT2D eigenvalue weighted by Gasteiger charge is -2.21. The van der Waals surface area contributed by atoms with Crippen molar-refractivity contribution in [3.05, 3.63) is 0 Å². The van der Waals surface area contributed by atoms with Crippen LogP contribution in [0.4, 0.5) is 0 Å². The molecule has 0 aromatic carbocycles. The normalized spacial score (nSPS) is 17.8. The number of carbonyl (C=O) groups excluding carboxylic acids is 2. The first-order chi connectivity index (χ1) is 7.30. The van der Waals surface area contributed by atoms with E-state index in [9.17, 15) is 9.59 Å². The molecule has 1 atom stereocenters. The standard InChI is InChI=1S/C12H22N2O2/c1-8(14-11(16)12(2,3)4)10(15)13-7-9-5-6-9/h8-9H,5-7H2,1-4H3,(H,13,15)(H,14,16). The minimum atomic E-state index is -0.453. The van der Waals surface area contributed by atoms with E-state index in [0.717, 1.165) is 6.54 Å². The Labute approximate surface area is 97.2 Å². The number of hydrogen-bond acceptors (Lipinski definition) is 2. The van der Waals surface area contributed by atoms with Gasteiger partial charge in [-0.25, -0.2) is 0 Å². The predicted molar refractivity (Wildman–Crippen MR) is 62.8 cm³/mol.